The number of Topliss-reactive ketones (excluding diaryl/α,β-unsaturated/α-hetero) is 1. The first-order valence-corrected chi connectivity index (χ1v) is 5.85. The fourth-order valence-electron chi connectivity index (χ4n) is 2.45. The molecule has 92 valence electrons. The summed E-state index contributed by atoms with van der Waals surface area (Å²) in [7, 11) is 0. The Balaban J connectivity index is 2.15. The molecule has 3 rings (SSSR count). The van der Waals surface area contributed by atoms with Crippen LogP contribution in [-0.4, -0.2) is 10.4 Å². The zero-order chi connectivity index (χ0) is 12.7. The second kappa shape index (κ2) is 4.05. The first-order valence-electron chi connectivity index (χ1n) is 5.85. The van der Waals surface area contributed by atoms with E-state index in [1.165, 1.54) is 12.1 Å². The van der Waals surface area contributed by atoms with Crippen LogP contribution in [-0.2, 0) is 6.42 Å². The molecule has 1 aromatic heterocycles. The van der Waals surface area contributed by atoms with Crippen molar-refractivity contribution in [3.05, 3.63) is 53.4 Å². The zero-order valence-corrected chi connectivity index (χ0v) is 9.62. The van der Waals surface area contributed by atoms with E-state index in [9.17, 15) is 13.6 Å². The summed E-state index contributed by atoms with van der Waals surface area (Å²) in [5, 5.41) is 0. The maximum atomic E-state index is 13.2. The van der Waals surface area contributed by atoms with Gasteiger partial charge in [-0.3, -0.25) is 4.79 Å². The van der Waals surface area contributed by atoms with E-state index in [0.717, 1.165) is 24.6 Å². The fraction of sp³-hybridized carbons (Fsp3) is 0.214. The van der Waals surface area contributed by atoms with Gasteiger partial charge in [0.15, 0.2) is 5.78 Å². The van der Waals surface area contributed by atoms with Gasteiger partial charge in [0, 0.05) is 29.9 Å². The Morgan fingerprint density at radius 1 is 1.06 bits per heavy atom. The first kappa shape index (κ1) is 11.1. The van der Waals surface area contributed by atoms with Gasteiger partial charge in [-0.2, -0.15) is 0 Å². The molecule has 1 aromatic carbocycles. The monoisotopic (exact) mass is 247 g/mol. The third-order valence-corrected chi connectivity index (χ3v) is 3.24. The van der Waals surface area contributed by atoms with Gasteiger partial charge >= 0.3 is 0 Å². The molecular formula is C14H11F2NO. The Morgan fingerprint density at radius 2 is 1.78 bits per heavy atom. The lowest BCUT2D eigenvalue weighted by molar-refractivity contribution is 0.0972. The van der Waals surface area contributed by atoms with E-state index in [2.05, 4.69) is 0 Å². The van der Waals surface area contributed by atoms with E-state index in [1.807, 2.05) is 0 Å². The molecule has 2 nitrogen and oxygen atoms in total. The Labute approximate surface area is 103 Å². The minimum Gasteiger partial charge on any atom is -0.320 e. The number of carbonyl (C=O) groups excluding carboxylic acids is 1. The van der Waals surface area contributed by atoms with Gasteiger partial charge in [-0.25, -0.2) is 8.78 Å². The van der Waals surface area contributed by atoms with Crippen molar-refractivity contribution in [1.29, 1.82) is 0 Å². The highest BCUT2D eigenvalue weighted by molar-refractivity contribution is 5.98. The van der Waals surface area contributed by atoms with Crippen LogP contribution in [0.5, 0.6) is 0 Å². The zero-order valence-electron chi connectivity index (χ0n) is 9.62. The summed E-state index contributed by atoms with van der Waals surface area (Å²) in [5.74, 6) is -1.13. The van der Waals surface area contributed by atoms with E-state index in [-0.39, 0.29) is 5.78 Å². The second-order valence-corrected chi connectivity index (χ2v) is 4.45. The van der Waals surface area contributed by atoms with Crippen LogP contribution in [0.3, 0.4) is 0 Å². The molecule has 0 atom stereocenters. The smallest absolute Gasteiger partial charge is 0.164 e. The Bertz CT molecular complexity index is 610. The average Bonchev–Trinajstić information content (AvgIpc) is 2.73. The minimum absolute atomic E-state index is 0.104. The minimum atomic E-state index is -0.616. The number of benzene rings is 1. The van der Waals surface area contributed by atoms with Gasteiger partial charge in [-0.05, 0) is 31.0 Å². The highest BCUT2D eigenvalue weighted by atomic mass is 19.1. The van der Waals surface area contributed by atoms with Crippen LogP contribution in [0.1, 0.15) is 28.9 Å². The average molecular weight is 247 g/mol. The lowest BCUT2D eigenvalue weighted by Gasteiger charge is -2.15. The van der Waals surface area contributed by atoms with Crippen LogP contribution in [0.2, 0.25) is 0 Å². The van der Waals surface area contributed by atoms with Crippen molar-refractivity contribution in [3.8, 4) is 5.69 Å². The van der Waals surface area contributed by atoms with Crippen LogP contribution >= 0.6 is 0 Å². The number of carbonyl (C=O) groups is 1. The topological polar surface area (TPSA) is 22.0 Å². The quantitative estimate of drug-likeness (QED) is 0.758. The van der Waals surface area contributed by atoms with Gasteiger partial charge in [0.1, 0.15) is 11.6 Å². The highest BCUT2D eigenvalue weighted by Gasteiger charge is 2.21. The molecule has 0 saturated carbocycles. The normalized spacial score (nSPS) is 14.7. The molecule has 0 N–H and O–H groups in total. The van der Waals surface area contributed by atoms with Gasteiger partial charge in [0.2, 0.25) is 0 Å². The highest BCUT2D eigenvalue weighted by Crippen LogP contribution is 2.25. The molecule has 1 heterocycles. The van der Waals surface area contributed by atoms with Crippen molar-refractivity contribution in [2.24, 2.45) is 0 Å². The largest absolute Gasteiger partial charge is 0.320 e. The number of hydrogen-bond acceptors (Lipinski definition) is 1. The molecule has 0 radical (unpaired) electrons. The molecule has 0 unspecified atom stereocenters. The van der Waals surface area contributed by atoms with Crippen molar-refractivity contribution in [3.63, 3.8) is 0 Å². The molecule has 1 aliphatic carbocycles. The number of rotatable bonds is 1. The van der Waals surface area contributed by atoms with E-state index >= 15 is 0 Å². The summed E-state index contributed by atoms with van der Waals surface area (Å²) in [4.78, 5) is 11.7. The van der Waals surface area contributed by atoms with E-state index in [0.29, 0.717) is 17.7 Å². The maximum absolute atomic E-state index is 13.2. The maximum Gasteiger partial charge on any atom is 0.164 e. The summed E-state index contributed by atoms with van der Waals surface area (Å²) in [6, 6.07) is 5.09. The molecule has 18 heavy (non-hydrogen) atoms. The number of halogens is 2. The Hall–Kier alpha value is -1.97. The van der Waals surface area contributed by atoms with Crippen molar-refractivity contribution in [2.75, 3.05) is 0 Å². The van der Waals surface area contributed by atoms with Crippen molar-refractivity contribution in [2.45, 2.75) is 19.3 Å². The van der Waals surface area contributed by atoms with Crippen LogP contribution in [0, 0.1) is 11.6 Å². The van der Waals surface area contributed by atoms with Gasteiger partial charge < -0.3 is 4.57 Å². The number of hydrogen-bond donors (Lipinski definition) is 0. The van der Waals surface area contributed by atoms with E-state index in [4.69, 9.17) is 0 Å². The van der Waals surface area contributed by atoms with E-state index in [1.54, 1.807) is 16.8 Å². The van der Waals surface area contributed by atoms with Crippen LogP contribution in [0.25, 0.3) is 5.69 Å². The number of aromatic nitrogens is 1. The predicted octanol–water partition coefficient (Wildman–Crippen LogP) is 3.27. The predicted molar refractivity (Wildman–Crippen MR) is 63.0 cm³/mol. The summed E-state index contributed by atoms with van der Waals surface area (Å²) < 4.78 is 28.1. The van der Waals surface area contributed by atoms with Crippen molar-refractivity contribution in [1.82, 2.24) is 4.57 Å². The summed E-state index contributed by atoms with van der Waals surface area (Å²) >= 11 is 0. The molecule has 0 fully saturated rings. The SMILES string of the molecule is O=C1CCCc2c1ccn2-c1cc(F)cc(F)c1. The van der Waals surface area contributed by atoms with Gasteiger partial charge in [-0.15, -0.1) is 0 Å². The molecule has 0 amide bonds. The summed E-state index contributed by atoms with van der Waals surface area (Å²) in [6.45, 7) is 0. The van der Waals surface area contributed by atoms with Crippen LogP contribution < -0.4 is 0 Å². The van der Waals surface area contributed by atoms with E-state index < -0.39 is 11.6 Å². The van der Waals surface area contributed by atoms with Gasteiger partial charge in [0.25, 0.3) is 0 Å². The van der Waals surface area contributed by atoms with Crippen molar-refractivity contribution < 1.29 is 13.6 Å². The summed E-state index contributed by atoms with van der Waals surface area (Å²) in [5.41, 5.74) is 1.94. The molecule has 0 saturated heterocycles. The Morgan fingerprint density at radius 3 is 2.50 bits per heavy atom. The van der Waals surface area contributed by atoms with Gasteiger partial charge in [-0.1, -0.05) is 0 Å². The van der Waals surface area contributed by atoms with Crippen LogP contribution in [0.15, 0.2) is 30.5 Å². The third-order valence-electron chi connectivity index (χ3n) is 3.24. The summed E-state index contributed by atoms with van der Waals surface area (Å²) in [6.07, 6.45) is 3.79. The van der Waals surface area contributed by atoms with Gasteiger partial charge in [0.05, 0.1) is 5.69 Å². The number of fused-ring (bicyclic) bond motifs is 1. The molecule has 0 spiro atoms. The molecule has 0 aliphatic heterocycles. The standard InChI is InChI=1S/C14H11F2NO/c15-9-6-10(16)8-11(7-9)17-5-4-12-13(17)2-1-3-14(12)18/h4-8H,1-3H2. The lowest BCUT2D eigenvalue weighted by atomic mass is 9.97. The molecule has 0 bridgehead atoms. The second-order valence-electron chi connectivity index (χ2n) is 4.45. The Kier molecular flexibility index (Phi) is 2.51. The number of nitrogens with zero attached hydrogens (tertiary/aromatic N) is 1. The molecule has 2 aromatic rings. The fourth-order valence-corrected chi connectivity index (χ4v) is 2.45. The van der Waals surface area contributed by atoms with Crippen LogP contribution in [0.4, 0.5) is 8.78 Å². The lowest BCUT2D eigenvalue weighted by Crippen LogP contribution is -2.12. The third kappa shape index (κ3) is 1.74. The number of ketones is 1. The van der Waals surface area contributed by atoms with Crippen molar-refractivity contribution >= 4 is 5.78 Å². The molecule has 1 aliphatic rings. The molecule has 4 heteroatoms. The first-order chi connectivity index (χ1) is 8.65. The molecular weight excluding hydrogens is 236 g/mol.